The second kappa shape index (κ2) is 6.71. The van der Waals surface area contributed by atoms with E-state index in [0.717, 1.165) is 18.0 Å². The van der Waals surface area contributed by atoms with Gasteiger partial charge in [-0.25, -0.2) is 4.39 Å². The van der Waals surface area contributed by atoms with Crippen LogP contribution in [-0.4, -0.2) is 6.54 Å². The van der Waals surface area contributed by atoms with Crippen LogP contribution in [0.2, 0.25) is 5.02 Å². The van der Waals surface area contributed by atoms with Crippen LogP contribution in [0.1, 0.15) is 51.1 Å². The lowest BCUT2D eigenvalue weighted by atomic mass is 9.76. The minimum atomic E-state index is -0.263. The van der Waals surface area contributed by atoms with E-state index in [2.05, 4.69) is 19.2 Å². The number of hydrogen-bond acceptors (Lipinski definition) is 1. The van der Waals surface area contributed by atoms with Gasteiger partial charge in [0, 0.05) is 11.1 Å². The van der Waals surface area contributed by atoms with Gasteiger partial charge in [-0.3, -0.25) is 0 Å². The maximum Gasteiger partial charge on any atom is 0.124 e. The zero-order valence-corrected chi connectivity index (χ0v) is 12.5. The second-order valence-corrected chi connectivity index (χ2v) is 6.14. The van der Waals surface area contributed by atoms with E-state index < -0.39 is 0 Å². The fourth-order valence-electron chi connectivity index (χ4n) is 3.29. The lowest BCUT2D eigenvalue weighted by Gasteiger charge is -2.34. The summed E-state index contributed by atoms with van der Waals surface area (Å²) in [6.45, 7) is 5.33. The fourth-order valence-corrected chi connectivity index (χ4v) is 3.57. The van der Waals surface area contributed by atoms with Gasteiger partial charge in [0.1, 0.15) is 5.82 Å². The average Bonchev–Trinajstić information content (AvgIpc) is 2.37. The van der Waals surface area contributed by atoms with Gasteiger partial charge in [0.25, 0.3) is 0 Å². The van der Waals surface area contributed by atoms with E-state index in [4.69, 9.17) is 11.6 Å². The summed E-state index contributed by atoms with van der Waals surface area (Å²) in [5.41, 5.74) is 1.05. The predicted molar refractivity (Wildman–Crippen MR) is 78.9 cm³/mol. The first-order chi connectivity index (χ1) is 9.11. The van der Waals surface area contributed by atoms with Gasteiger partial charge >= 0.3 is 0 Å². The Morgan fingerprint density at radius 2 is 2.21 bits per heavy atom. The minimum absolute atomic E-state index is 0.251. The number of benzene rings is 1. The van der Waals surface area contributed by atoms with Crippen molar-refractivity contribution in [2.75, 3.05) is 6.54 Å². The molecule has 1 aromatic rings. The van der Waals surface area contributed by atoms with Crippen LogP contribution >= 0.6 is 11.6 Å². The van der Waals surface area contributed by atoms with Crippen LogP contribution in [0, 0.1) is 17.7 Å². The molecule has 1 aliphatic rings. The van der Waals surface area contributed by atoms with Crippen molar-refractivity contribution in [1.82, 2.24) is 5.32 Å². The molecule has 1 nitrogen and oxygen atoms in total. The highest BCUT2D eigenvalue weighted by Gasteiger charge is 2.28. The van der Waals surface area contributed by atoms with Crippen LogP contribution in [0.15, 0.2) is 18.2 Å². The van der Waals surface area contributed by atoms with E-state index in [-0.39, 0.29) is 11.9 Å². The molecule has 1 saturated carbocycles. The van der Waals surface area contributed by atoms with Gasteiger partial charge in [-0.05, 0) is 48.9 Å². The normalized spacial score (nSPS) is 25.3. The zero-order valence-electron chi connectivity index (χ0n) is 11.8. The largest absolute Gasteiger partial charge is 0.310 e. The lowest BCUT2D eigenvalue weighted by molar-refractivity contribution is 0.225. The van der Waals surface area contributed by atoms with Crippen LogP contribution < -0.4 is 5.32 Å². The topological polar surface area (TPSA) is 12.0 Å². The summed E-state index contributed by atoms with van der Waals surface area (Å²) in [6.07, 6.45) is 5.07. The quantitative estimate of drug-likeness (QED) is 0.824. The highest BCUT2D eigenvalue weighted by atomic mass is 35.5. The Morgan fingerprint density at radius 3 is 2.84 bits per heavy atom. The van der Waals surface area contributed by atoms with E-state index >= 15 is 0 Å². The van der Waals surface area contributed by atoms with Gasteiger partial charge in [0.2, 0.25) is 0 Å². The maximum atomic E-state index is 13.2. The van der Waals surface area contributed by atoms with Gasteiger partial charge in [-0.2, -0.15) is 0 Å². The number of rotatable bonds is 4. The molecule has 19 heavy (non-hydrogen) atoms. The Hall–Kier alpha value is -0.600. The van der Waals surface area contributed by atoms with Crippen molar-refractivity contribution in [3.8, 4) is 0 Å². The van der Waals surface area contributed by atoms with Crippen molar-refractivity contribution < 1.29 is 4.39 Å². The number of halogens is 2. The lowest BCUT2D eigenvalue weighted by Crippen LogP contribution is -2.31. The van der Waals surface area contributed by atoms with E-state index in [0.29, 0.717) is 10.9 Å². The molecule has 1 aromatic carbocycles. The molecule has 0 radical (unpaired) electrons. The molecular weight excluding hydrogens is 261 g/mol. The molecule has 0 heterocycles. The van der Waals surface area contributed by atoms with Crippen LogP contribution in [-0.2, 0) is 0 Å². The van der Waals surface area contributed by atoms with Crippen LogP contribution in [0.3, 0.4) is 0 Å². The van der Waals surface area contributed by atoms with Crippen molar-refractivity contribution in [2.24, 2.45) is 11.8 Å². The van der Waals surface area contributed by atoms with Crippen molar-refractivity contribution in [1.29, 1.82) is 0 Å². The fraction of sp³-hybridized carbons (Fsp3) is 0.625. The van der Waals surface area contributed by atoms with Crippen LogP contribution in [0.5, 0.6) is 0 Å². The predicted octanol–water partition coefficient (Wildman–Crippen LogP) is 4.96. The van der Waals surface area contributed by atoms with Gasteiger partial charge in [-0.15, -0.1) is 0 Å². The Kier molecular flexibility index (Phi) is 5.23. The molecule has 0 spiro atoms. The summed E-state index contributed by atoms with van der Waals surface area (Å²) in [7, 11) is 0. The standard InChI is InChI=1S/C16H23ClFN/c1-3-19-16(12-6-4-5-11(2)9-12)14-8-7-13(18)10-15(14)17/h7-8,10-12,16,19H,3-6,9H2,1-2H3. The summed E-state index contributed by atoms with van der Waals surface area (Å²) >= 11 is 6.24. The molecule has 106 valence electrons. The Labute approximate surface area is 120 Å². The summed E-state index contributed by atoms with van der Waals surface area (Å²) < 4.78 is 13.2. The van der Waals surface area contributed by atoms with Crippen molar-refractivity contribution in [2.45, 2.75) is 45.6 Å². The highest BCUT2D eigenvalue weighted by Crippen LogP contribution is 2.39. The van der Waals surface area contributed by atoms with E-state index in [1.54, 1.807) is 0 Å². The molecule has 0 saturated heterocycles. The highest BCUT2D eigenvalue weighted by molar-refractivity contribution is 6.31. The molecule has 1 fully saturated rings. The summed E-state index contributed by atoms with van der Waals surface area (Å²) in [5.74, 6) is 1.12. The van der Waals surface area contributed by atoms with Crippen LogP contribution in [0.4, 0.5) is 4.39 Å². The SMILES string of the molecule is CCNC(c1ccc(F)cc1Cl)C1CCCC(C)C1. The molecule has 0 bridgehead atoms. The number of nitrogens with one attached hydrogen (secondary N) is 1. The first-order valence-electron chi connectivity index (χ1n) is 7.30. The van der Waals surface area contributed by atoms with E-state index in [9.17, 15) is 4.39 Å². The van der Waals surface area contributed by atoms with Crippen molar-refractivity contribution >= 4 is 11.6 Å². The Balaban J connectivity index is 2.23. The maximum absolute atomic E-state index is 13.2. The molecule has 1 aliphatic carbocycles. The molecule has 1 N–H and O–H groups in total. The molecule has 0 aromatic heterocycles. The second-order valence-electron chi connectivity index (χ2n) is 5.73. The first kappa shape index (κ1) is 14.8. The third-order valence-corrected chi connectivity index (χ3v) is 4.50. The Bertz CT molecular complexity index is 421. The molecule has 3 heteroatoms. The molecule has 3 atom stereocenters. The molecular formula is C16H23ClFN. The average molecular weight is 284 g/mol. The van der Waals surface area contributed by atoms with E-state index in [1.165, 1.54) is 37.8 Å². The van der Waals surface area contributed by atoms with Gasteiger partial charge in [-0.1, -0.05) is 44.4 Å². The smallest absolute Gasteiger partial charge is 0.124 e. The molecule has 0 aliphatic heterocycles. The number of hydrogen-bond donors (Lipinski definition) is 1. The summed E-state index contributed by atoms with van der Waals surface area (Å²) in [5, 5.41) is 4.09. The summed E-state index contributed by atoms with van der Waals surface area (Å²) in [6, 6.07) is 5.02. The third kappa shape index (κ3) is 3.70. The molecule has 3 unspecified atom stereocenters. The van der Waals surface area contributed by atoms with Gasteiger partial charge in [0.05, 0.1) is 0 Å². The molecule has 0 amide bonds. The minimum Gasteiger partial charge on any atom is -0.310 e. The van der Waals surface area contributed by atoms with Crippen LogP contribution in [0.25, 0.3) is 0 Å². The Morgan fingerprint density at radius 1 is 1.42 bits per heavy atom. The van der Waals surface area contributed by atoms with Crippen molar-refractivity contribution in [3.05, 3.63) is 34.6 Å². The van der Waals surface area contributed by atoms with Gasteiger partial charge < -0.3 is 5.32 Å². The third-order valence-electron chi connectivity index (χ3n) is 4.17. The van der Waals surface area contributed by atoms with Gasteiger partial charge in [0.15, 0.2) is 0 Å². The summed E-state index contributed by atoms with van der Waals surface area (Å²) in [4.78, 5) is 0. The molecule has 2 rings (SSSR count). The first-order valence-corrected chi connectivity index (χ1v) is 7.68. The monoisotopic (exact) mass is 283 g/mol. The van der Waals surface area contributed by atoms with Crippen molar-refractivity contribution in [3.63, 3.8) is 0 Å². The van der Waals surface area contributed by atoms with E-state index in [1.807, 2.05) is 6.07 Å². The zero-order chi connectivity index (χ0) is 13.8.